The van der Waals surface area contributed by atoms with Crippen LogP contribution in [0.1, 0.15) is 0 Å². The minimum Gasteiger partial charge on any atom is -0.468 e. The van der Waals surface area contributed by atoms with E-state index < -0.39 is 11.6 Å². The zero-order valence-electron chi connectivity index (χ0n) is 11.4. The van der Waals surface area contributed by atoms with E-state index in [9.17, 15) is 9.59 Å². The molecule has 3 aromatic rings. The molecule has 5 nitrogen and oxygen atoms in total. The van der Waals surface area contributed by atoms with Crippen LogP contribution in [0.2, 0.25) is 0 Å². The minimum absolute atomic E-state index is 0.0120. The lowest BCUT2D eigenvalue weighted by Crippen LogP contribution is -2.16. The van der Waals surface area contributed by atoms with Crippen LogP contribution in [0.3, 0.4) is 0 Å². The Kier molecular flexibility index (Phi) is 3.31. The lowest BCUT2D eigenvalue weighted by molar-refractivity contribution is -0.138. The lowest BCUT2D eigenvalue weighted by atomic mass is 10.1. The first kappa shape index (κ1) is 13.2. The summed E-state index contributed by atoms with van der Waals surface area (Å²) in [5, 5.41) is 5.50. The molecule has 3 rings (SSSR count). The number of carbonyl (C=O) groups excluding carboxylic acids is 1. The maximum absolute atomic E-state index is 11.7. The van der Waals surface area contributed by atoms with Crippen molar-refractivity contribution in [3.63, 3.8) is 0 Å². The third-order valence-corrected chi connectivity index (χ3v) is 3.29. The molecule has 0 aliphatic heterocycles. The molecular weight excluding hydrogens is 270 g/mol. The van der Waals surface area contributed by atoms with Gasteiger partial charge >= 0.3 is 11.6 Å². The minimum atomic E-state index is -0.466. The van der Waals surface area contributed by atoms with Crippen LogP contribution in [-0.4, -0.2) is 19.6 Å². The predicted molar refractivity (Wildman–Crippen MR) is 80.5 cm³/mol. The molecule has 0 spiro atoms. The van der Waals surface area contributed by atoms with Crippen molar-refractivity contribution in [2.45, 2.75) is 0 Å². The zero-order valence-corrected chi connectivity index (χ0v) is 11.4. The maximum Gasteiger partial charge on any atom is 0.338 e. The van der Waals surface area contributed by atoms with E-state index in [4.69, 9.17) is 4.42 Å². The number of fused-ring (bicyclic) bond motifs is 3. The highest BCUT2D eigenvalue weighted by Crippen LogP contribution is 2.28. The van der Waals surface area contributed by atoms with Crippen LogP contribution < -0.4 is 10.9 Å². The van der Waals surface area contributed by atoms with Gasteiger partial charge in [-0.3, -0.25) is 4.79 Å². The van der Waals surface area contributed by atoms with Gasteiger partial charge in [0.1, 0.15) is 12.1 Å². The monoisotopic (exact) mass is 283 g/mol. The second kappa shape index (κ2) is 5.28. The number of ether oxygens (including phenoxy) is 1. The molecule has 0 fully saturated rings. The molecule has 0 radical (unpaired) electrons. The van der Waals surface area contributed by atoms with E-state index in [1.807, 2.05) is 36.4 Å². The molecule has 5 heteroatoms. The molecule has 0 aliphatic rings. The van der Waals surface area contributed by atoms with Crippen LogP contribution in [0.15, 0.2) is 51.7 Å². The number of anilines is 1. The molecule has 0 amide bonds. The SMILES string of the molecule is COC(=O)CNc1cc(=O)oc2c1ccc1ccccc12. The van der Waals surface area contributed by atoms with Crippen molar-refractivity contribution in [2.75, 3.05) is 19.0 Å². The Bertz CT molecular complexity index is 882. The molecule has 21 heavy (non-hydrogen) atoms. The van der Waals surface area contributed by atoms with Gasteiger partial charge in [-0.05, 0) is 11.5 Å². The Balaban J connectivity index is 2.19. The van der Waals surface area contributed by atoms with Gasteiger partial charge in [0.2, 0.25) is 0 Å². The van der Waals surface area contributed by atoms with Crippen molar-refractivity contribution < 1.29 is 13.9 Å². The summed E-state index contributed by atoms with van der Waals surface area (Å²) in [4.78, 5) is 23.0. The average Bonchev–Trinajstić information content (AvgIpc) is 2.52. The second-order valence-corrected chi connectivity index (χ2v) is 4.57. The topological polar surface area (TPSA) is 68.5 Å². The largest absolute Gasteiger partial charge is 0.468 e. The third-order valence-electron chi connectivity index (χ3n) is 3.29. The zero-order chi connectivity index (χ0) is 14.8. The molecule has 0 atom stereocenters. The van der Waals surface area contributed by atoms with Gasteiger partial charge in [0.15, 0.2) is 0 Å². The second-order valence-electron chi connectivity index (χ2n) is 4.57. The molecule has 1 aromatic heterocycles. The van der Waals surface area contributed by atoms with Gasteiger partial charge in [0, 0.05) is 16.8 Å². The maximum atomic E-state index is 11.7. The molecule has 0 unspecified atom stereocenters. The fourth-order valence-electron chi connectivity index (χ4n) is 2.28. The summed E-state index contributed by atoms with van der Waals surface area (Å²) in [6.45, 7) is -0.0120. The van der Waals surface area contributed by atoms with Crippen LogP contribution in [-0.2, 0) is 9.53 Å². The molecule has 1 heterocycles. The lowest BCUT2D eigenvalue weighted by Gasteiger charge is -2.09. The van der Waals surface area contributed by atoms with E-state index >= 15 is 0 Å². The predicted octanol–water partition coefficient (Wildman–Crippen LogP) is 2.53. The summed E-state index contributed by atoms with van der Waals surface area (Å²) >= 11 is 0. The highest BCUT2D eigenvalue weighted by molar-refractivity contribution is 6.08. The van der Waals surface area contributed by atoms with E-state index in [0.29, 0.717) is 11.3 Å². The summed E-state index contributed by atoms with van der Waals surface area (Å²) < 4.78 is 9.92. The third kappa shape index (κ3) is 2.45. The standard InChI is InChI=1S/C16H13NO4/c1-20-15(19)9-17-13-8-14(18)21-16-11-5-3-2-4-10(11)6-7-12(13)16/h2-8,17H,9H2,1H3. The Morgan fingerprint density at radius 1 is 1.19 bits per heavy atom. The van der Waals surface area contributed by atoms with Crippen molar-refractivity contribution in [1.82, 2.24) is 0 Å². The first-order chi connectivity index (χ1) is 10.2. The van der Waals surface area contributed by atoms with Gasteiger partial charge in [0.25, 0.3) is 0 Å². The number of carbonyl (C=O) groups is 1. The van der Waals surface area contributed by atoms with Crippen molar-refractivity contribution >= 4 is 33.4 Å². The first-order valence-corrected chi connectivity index (χ1v) is 6.45. The van der Waals surface area contributed by atoms with Crippen LogP contribution >= 0.6 is 0 Å². The number of rotatable bonds is 3. The Labute approximate surface area is 120 Å². The Hall–Kier alpha value is -2.82. The van der Waals surface area contributed by atoms with Crippen LogP contribution in [0.4, 0.5) is 5.69 Å². The van der Waals surface area contributed by atoms with E-state index in [0.717, 1.165) is 16.2 Å². The molecular formula is C16H13NO4. The van der Waals surface area contributed by atoms with Crippen molar-refractivity contribution in [3.8, 4) is 0 Å². The number of nitrogens with one attached hydrogen (secondary N) is 1. The molecule has 106 valence electrons. The van der Waals surface area contributed by atoms with Gasteiger partial charge in [-0.1, -0.05) is 30.3 Å². The fourth-order valence-corrected chi connectivity index (χ4v) is 2.28. The number of esters is 1. The Morgan fingerprint density at radius 2 is 2.00 bits per heavy atom. The number of hydrogen-bond acceptors (Lipinski definition) is 5. The number of hydrogen-bond donors (Lipinski definition) is 1. The Morgan fingerprint density at radius 3 is 2.81 bits per heavy atom. The summed E-state index contributed by atoms with van der Waals surface area (Å²) in [6, 6.07) is 12.8. The smallest absolute Gasteiger partial charge is 0.338 e. The summed E-state index contributed by atoms with van der Waals surface area (Å²) in [6.07, 6.45) is 0. The highest BCUT2D eigenvalue weighted by atomic mass is 16.5. The molecule has 0 saturated carbocycles. The molecule has 0 saturated heterocycles. The summed E-state index contributed by atoms with van der Waals surface area (Å²) in [7, 11) is 1.31. The highest BCUT2D eigenvalue weighted by Gasteiger charge is 2.10. The van der Waals surface area contributed by atoms with E-state index in [2.05, 4.69) is 10.1 Å². The van der Waals surface area contributed by atoms with Crippen molar-refractivity contribution in [1.29, 1.82) is 0 Å². The molecule has 1 N–H and O–H groups in total. The van der Waals surface area contributed by atoms with Gasteiger partial charge in [-0.15, -0.1) is 0 Å². The molecule has 0 aliphatic carbocycles. The summed E-state index contributed by atoms with van der Waals surface area (Å²) in [5.74, 6) is -0.405. The van der Waals surface area contributed by atoms with Crippen LogP contribution in [0.5, 0.6) is 0 Å². The quantitative estimate of drug-likeness (QED) is 0.454. The van der Waals surface area contributed by atoms with E-state index in [-0.39, 0.29) is 6.54 Å². The van der Waals surface area contributed by atoms with Crippen molar-refractivity contribution in [2.24, 2.45) is 0 Å². The van der Waals surface area contributed by atoms with E-state index in [1.165, 1.54) is 13.2 Å². The fraction of sp³-hybridized carbons (Fsp3) is 0.125. The van der Waals surface area contributed by atoms with Gasteiger partial charge in [-0.2, -0.15) is 0 Å². The molecule has 2 aromatic carbocycles. The molecule has 0 bridgehead atoms. The first-order valence-electron chi connectivity index (χ1n) is 6.45. The van der Waals surface area contributed by atoms with Crippen LogP contribution in [0.25, 0.3) is 21.7 Å². The van der Waals surface area contributed by atoms with Crippen molar-refractivity contribution in [3.05, 3.63) is 52.9 Å². The average molecular weight is 283 g/mol. The van der Waals surface area contributed by atoms with Crippen LogP contribution in [0, 0.1) is 0 Å². The number of benzene rings is 2. The number of methoxy groups -OCH3 is 1. The van der Waals surface area contributed by atoms with Gasteiger partial charge < -0.3 is 14.5 Å². The normalized spacial score (nSPS) is 10.7. The van der Waals surface area contributed by atoms with Gasteiger partial charge in [0.05, 0.1) is 12.8 Å². The van der Waals surface area contributed by atoms with E-state index in [1.54, 1.807) is 0 Å². The van der Waals surface area contributed by atoms with Gasteiger partial charge in [-0.25, -0.2) is 4.79 Å². The summed E-state index contributed by atoms with van der Waals surface area (Å²) in [5.41, 5.74) is 0.594.